The molecule has 0 spiro atoms. The molecule has 0 aliphatic rings. The molecule has 0 bridgehead atoms. The Morgan fingerprint density at radius 1 is 1.47 bits per heavy atom. The van der Waals surface area contributed by atoms with Crippen LogP contribution in [0.1, 0.15) is 27.2 Å². The van der Waals surface area contributed by atoms with Crippen molar-refractivity contribution in [2.45, 2.75) is 32.7 Å². The van der Waals surface area contributed by atoms with E-state index in [9.17, 15) is 9.59 Å². The number of anilines is 1. The van der Waals surface area contributed by atoms with Crippen LogP contribution >= 0.6 is 0 Å². The summed E-state index contributed by atoms with van der Waals surface area (Å²) < 4.78 is 4.94. The van der Waals surface area contributed by atoms with E-state index >= 15 is 0 Å². The van der Waals surface area contributed by atoms with Gasteiger partial charge in [-0.15, -0.1) is 0 Å². The Morgan fingerprint density at radius 3 is 2.74 bits per heavy atom. The van der Waals surface area contributed by atoms with Crippen LogP contribution in [0.2, 0.25) is 0 Å². The van der Waals surface area contributed by atoms with E-state index in [4.69, 9.17) is 4.74 Å². The van der Waals surface area contributed by atoms with E-state index in [0.717, 1.165) is 0 Å². The molecule has 0 aliphatic carbocycles. The number of carbonyl (C=O) groups excluding carboxylic acids is 1. The van der Waals surface area contributed by atoms with E-state index < -0.39 is 0 Å². The third-order valence-electron chi connectivity index (χ3n) is 2.17. The van der Waals surface area contributed by atoms with Crippen molar-refractivity contribution in [2.75, 3.05) is 19.0 Å². The van der Waals surface area contributed by atoms with Crippen LogP contribution in [-0.2, 0) is 4.79 Å². The Kier molecular flexibility index (Phi) is 4.91. The van der Waals surface area contributed by atoms with Crippen LogP contribution < -0.4 is 20.9 Å². The van der Waals surface area contributed by atoms with Gasteiger partial charge in [0.15, 0.2) is 5.82 Å². The molecule has 0 atom stereocenters. The lowest BCUT2D eigenvalue weighted by Gasteiger charge is -2.20. The van der Waals surface area contributed by atoms with Gasteiger partial charge in [0.2, 0.25) is 11.7 Å². The standard InChI is InChI=1S/C12H20N4O3/c1-12(2,3)16-8(17)5-6-13-10-9(19-4)11(18)15-7-14-10/h7H,5-6H2,1-4H3,(H,16,17)(H2,13,14,15,18). The highest BCUT2D eigenvalue weighted by Crippen LogP contribution is 2.13. The molecule has 7 nitrogen and oxygen atoms in total. The van der Waals surface area contributed by atoms with E-state index in [-0.39, 0.29) is 29.2 Å². The van der Waals surface area contributed by atoms with Crippen molar-refractivity contribution in [2.24, 2.45) is 0 Å². The topological polar surface area (TPSA) is 96.1 Å². The number of rotatable bonds is 5. The lowest BCUT2D eigenvalue weighted by molar-refractivity contribution is -0.122. The second-order valence-electron chi connectivity index (χ2n) is 5.09. The molecule has 0 saturated carbocycles. The first-order chi connectivity index (χ1) is 8.83. The molecule has 1 aromatic heterocycles. The van der Waals surface area contributed by atoms with Crippen LogP contribution in [0.3, 0.4) is 0 Å². The van der Waals surface area contributed by atoms with Gasteiger partial charge in [0, 0.05) is 18.5 Å². The van der Waals surface area contributed by atoms with Gasteiger partial charge in [0.1, 0.15) is 0 Å². The molecule has 7 heteroatoms. The van der Waals surface area contributed by atoms with Gasteiger partial charge < -0.3 is 20.4 Å². The molecule has 19 heavy (non-hydrogen) atoms. The van der Waals surface area contributed by atoms with E-state index in [1.54, 1.807) is 0 Å². The van der Waals surface area contributed by atoms with Crippen molar-refractivity contribution in [1.29, 1.82) is 0 Å². The number of hydrogen-bond acceptors (Lipinski definition) is 5. The number of carbonyl (C=O) groups is 1. The Hall–Kier alpha value is -2.05. The quantitative estimate of drug-likeness (QED) is 0.722. The van der Waals surface area contributed by atoms with Gasteiger partial charge in [-0.1, -0.05) is 0 Å². The van der Waals surface area contributed by atoms with Gasteiger partial charge >= 0.3 is 0 Å². The van der Waals surface area contributed by atoms with Gasteiger partial charge in [-0.2, -0.15) is 0 Å². The highest BCUT2D eigenvalue weighted by Gasteiger charge is 2.14. The second kappa shape index (κ2) is 6.21. The van der Waals surface area contributed by atoms with Crippen molar-refractivity contribution >= 4 is 11.7 Å². The molecule has 0 radical (unpaired) electrons. The predicted octanol–water partition coefficient (Wildman–Crippen LogP) is 0.495. The molecule has 106 valence electrons. The monoisotopic (exact) mass is 268 g/mol. The molecule has 0 saturated heterocycles. The summed E-state index contributed by atoms with van der Waals surface area (Å²) >= 11 is 0. The summed E-state index contributed by atoms with van der Waals surface area (Å²) in [6.07, 6.45) is 1.57. The van der Waals surface area contributed by atoms with Gasteiger partial charge in [-0.3, -0.25) is 9.59 Å². The largest absolute Gasteiger partial charge is 0.489 e. The summed E-state index contributed by atoms with van der Waals surface area (Å²) in [5.74, 6) is 0.373. The van der Waals surface area contributed by atoms with Crippen molar-refractivity contribution in [3.63, 3.8) is 0 Å². The highest BCUT2D eigenvalue weighted by molar-refractivity contribution is 5.77. The lowest BCUT2D eigenvalue weighted by Crippen LogP contribution is -2.41. The molecule has 1 aromatic rings. The minimum absolute atomic E-state index is 0.0659. The van der Waals surface area contributed by atoms with Crippen LogP contribution in [-0.4, -0.2) is 35.1 Å². The van der Waals surface area contributed by atoms with Crippen molar-refractivity contribution in [3.8, 4) is 5.75 Å². The van der Waals surface area contributed by atoms with Gasteiger partial charge in [0.05, 0.1) is 13.4 Å². The minimum atomic E-state index is -0.362. The third kappa shape index (κ3) is 4.99. The number of H-pyrrole nitrogens is 1. The number of ether oxygens (including phenoxy) is 1. The fraction of sp³-hybridized carbons (Fsp3) is 0.583. The normalized spacial score (nSPS) is 10.9. The fourth-order valence-corrected chi connectivity index (χ4v) is 1.48. The molecular formula is C12H20N4O3. The van der Waals surface area contributed by atoms with Crippen molar-refractivity contribution < 1.29 is 9.53 Å². The van der Waals surface area contributed by atoms with Crippen LogP contribution in [0.25, 0.3) is 0 Å². The predicted molar refractivity (Wildman–Crippen MR) is 72.4 cm³/mol. The number of nitrogens with zero attached hydrogens (tertiary/aromatic N) is 1. The molecule has 3 N–H and O–H groups in total. The Morgan fingerprint density at radius 2 is 2.16 bits per heavy atom. The zero-order chi connectivity index (χ0) is 14.5. The number of methoxy groups -OCH3 is 1. The Balaban J connectivity index is 2.52. The number of hydrogen-bond donors (Lipinski definition) is 3. The molecule has 1 amide bonds. The van der Waals surface area contributed by atoms with Gasteiger partial charge in [-0.25, -0.2) is 4.98 Å². The summed E-state index contributed by atoms with van der Waals surface area (Å²) in [6.45, 7) is 6.12. The highest BCUT2D eigenvalue weighted by atomic mass is 16.5. The zero-order valence-corrected chi connectivity index (χ0v) is 11.7. The number of aromatic amines is 1. The van der Waals surface area contributed by atoms with Crippen molar-refractivity contribution in [3.05, 3.63) is 16.7 Å². The summed E-state index contributed by atoms with van der Waals surface area (Å²) in [4.78, 5) is 29.4. The van der Waals surface area contributed by atoms with E-state index in [2.05, 4.69) is 20.6 Å². The van der Waals surface area contributed by atoms with Crippen LogP contribution in [0.15, 0.2) is 11.1 Å². The molecule has 0 fully saturated rings. The Labute approximate surface area is 111 Å². The van der Waals surface area contributed by atoms with E-state index in [0.29, 0.717) is 12.4 Å². The first-order valence-electron chi connectivity index (χ1n) is 6.00. The summed E-state index contributed by atoms with van der Waals surface area (Å²) in [6, 6.07) is 0. The maximum Gasteiger partial charge on any atom is 0.295 e. The average Bonchev–Trinajstić information content (AvgIpc) is 2.26. The van der Waals surface area contributed by atoms with Crippen molar-refractivity contribution in [1.82, 2.24) is 15.3 Å². The summed E-state index contributed by atoms with van der Waals surface area (Å²) in [5.41, 5.74) is -0.615. The third-order valence-corrected chi connectivity index (χ3v) is 2.17. The number of aromatic nitrogens is 2. The zero-order valence-electron chi connectivity index (χ0n) is 11.7. The molecule has 0 unspecified atom stereocenters. The molecular weight excluding hydrogens is 248 g/mol. The molecule has 1 heterocycles. The second-order valence-corrected chi connectivity index (χ2v) is 5.09. The first kappa shape index (κ1) is 15.0. The van der Waals surface area contributed by atoms with Crippen LogP contribution in [0.5, 0.6) is 5.75 Å². The average molecular weight is 268 g/mol. The van der Waals surface area contributed by atoms with E-state index in [1.807, 2.05) is 20.8 Å². The fourth-order valence-electron chi connectivity index (χ4n) is 1.48. The van der Waals surface area contributed by atoms with E-state index in [1.165, 1.54) is 13.4 Å². The smallest absolute Gasteiger partial charge is 0.295 e. The van der Waals surface area contributed by atoms with Crippen LogP contribution in [0, 0.1) is 0 Å². The van der Waals surface area contributed by atoms with Gasteiger partial charge in [0.25, 0.3) is 5.56 Å². The minimum Gasteiger partial charge on any atom is -0.489 e. The van der Waals surface area contributed by atoms with Gasteiger partial charge in [-0.05, 0) is 20.8 Å². The summed E-state index contributed by atoms with van der Waals surface area (Å²) in [7, 11) is 1.39. The maximum atomic E-state index is 11.6. The SMILES string of the molecule is COc1c(NCCC(=O)NC(C)(C)C)nc[nH]c1=O. The first-order valence-corrected chi connectivity index (χ1v) is 6.00. The summed E-state index contributed by atoms with van der Waals surface area (Å²) in [5, 5.41) is 5.75. The molecule has 1 rings (SSSR count). The number of nitrogens with one attached hydrogen (secondary N) is 3. The Bertz CT molecular complexity index is 490. The van der Waals surface area contributed by atoms with Crippen LogP contribution in [0.4, 0.5) is 5.82 Å². The maximum absolute atomic E-state index is 11.6. The number of amides is 1. The molecule has 0 aromatic carbocycles. The molecule has 0 aliphatic heterocycles. The lowest BCUT2D eigenvalue weighted by atomic mass is 10.1.